The average molecular weight is 505 g/mol. The van der Waals surface area contributed by atoms with Gasteiger partial charge >= 0.3 is 24.2 Å². The van der Waals surface area contributed by atoms with Crippen LogP contribution in [0.15, 0.2) is 22.7 Å². The van der Waals surface area contributed by atoms with Crippen molar-refractivity contribution in [2.24, 2.45) is 7.05 Å². The van der Waals surface area contributed by atoms with Crippen LogP contribution in [0.5, 0.6) is 0 Å². The Morgan fingerprint density at radius 1 is 1.12 bits per heavy atom. The van der Waals surface area contributed by atoms with Gasteiger partial charge in [-0.25, -0.2) is 4.79 Å². The molecule has 1 aromatic carbocycles. The van der Waals surface area contributed by atoms with Crippen LogP contribution in [0.4, 0.5) is 35.1 Å². The number of halogens is 9. The van der Waals surface area contributed by atoms with Crippen molar-refractivity contribution in [1.29, 1.82) is 0 Å². The van der Waals surface area contributed by atoms with E-state index in [9.17, 15) is 39.9 Å². The summed E-state index contributed by atoms with van der Waals surface area (Å²) in [6.45, 7) is 0. The summed E-state index contributed by atoms with van der Waals surface area (Å²) in [6.07, 6.45) is -12.0. The number of carbonyl (C=O) groups is 1. The summed E-state index contributed by atoms with van der Waals surface area (Å²) in [5.41, 5.74) is -6.45. The standard InChI is InChI=1S/C17H9ClF8N4O3/c1-30-10(9(16(21,22)23)11(28-30)15(19,20)17(24,25)26)13-27-12(29-33-13)6-3-4-8(18)7(5-6)14(31)32-2/h3-5H,1-2H3. The first-order valence-corrected chi connectivity index (χ1v) is 8.79. The molecule has 0 radical (unpaired) electrons. The van der Waals surface area contributed by atoms with Crippen LogP contribution in [-0.2, 0) is 23.9 Å². The minimum absolute atomic E-state index is 0.00799. The lowest BCUT2D eigenvalue weighted by Crippen LogP contribution is -2.36. The summed E-state index contributed by atoms with van der Waals surface area (Å²) < 4.78 is 116. The Balaban J connectivity index is 2.18. The lowest BCUT2D eigenvalue weighted by Gasteiger charge is -2.19. The molecular weight excluding hydrogens is 496 g/mol. The molecule has 0 spiro atoms. The summed E-state index contributed by atoms with van der Waals surface area (Å²) in [4.78, 5) is 15.4. The van der Waals surface area contributed by atoms with E-state index >= 15 is 0 Å². The van der Waals surface area contributed by atoms with Gasteiger partial charge in [-0.15, -0.1) is 0 Å². The van der Waals surface area contributed by atoms with Gasteiger partial charge in [0.2, 0.25) is 5.82 Å². The number of rotatable bonds is 4. The number of ether oxygens (including phenoxy) is 1. The molecule has 178 valence electrons. The quantitative estimate of drug-likeness (QED) is 0.356. The van der Waals surface area contributed by atoms with Crippen LogP contribution in [0.1, 0.15) is 21.6 Å². The molecule has 0 saturated carbocycles. The molecule has 33 heavy (non-hydrogen) atoms. The highest BCUT2D eigenvalue weighted by Crippen LogP contribution is 2.50. The molecular formula is C17H9ClF8N4O3. The van der Waals surface area contributed by atoms with Gasteiger partial charge in [0.05, 0.1) is 17.7 Å². The van der Waals surface area contributed by atoms with E-state index in [2.05, 4.69) is 20.0 Å². The topological polar surface area (TPSA) is 83.0 Å². The molecule has 0 saturated heterocycles. The monoisotopic (exact) mass is 504 g/mol. The number of benzene rings is 1. The molecule has 0 bridgehead atoms. The van der Waals surface area contributed by atoms with Crippen LogP contribution in [-0.4, -0.2) is 39.2 Å². The van der Waals surface area contributed by atoms with Gasteiger partial charge in [0.1, 0.15) is 11.3 Å². The van der Waals surface area contributed by atoms with Crippen molar-refractivity contribution in [2.45, 2.75) is 18.3 Å². The third-order valence-corrected chi connectivity index (χ3v) is 4.57. The van der Waals surface area contributed by atoms with Crippen LogP contribution < -0.4 is 0 Å². The van der Waals surface area contributed by atoms with Crippen molar-refractivity contribution in [3.8, 4) is 23.0 Å². The maximum absolute atomic E-state index is 13.8. The lowest BCUT2D eigenvalue weighted by molar-refractivity contribution is -0.292. The third-order valence-electron chi connectivity index (χ3n) is 4.24. The van der Waals surface area contributed by atoms with Gasteiger partial charge in [-0.2, -0.15) is 45.2 Å². The lowest BCUT2D eigenvalue weighted by atomic mass is 10.1. The molecule has 0 N–H and O–H groups in total. The zero-order chi connectivity index (χ0) is 24.9. The van der Waals surface area contributed by atoms with Crippen molar-refractivity contribution < 1.29 is 49.2 Å². The Kier molecular flexibility index (Phi) is 5.89. The number of hydrogen-bond donors (Lipinski definition) is 0. The van der Waals surface area contributed by atoms with Gasteiger partial charge in [-0.1, -0.05) is 16.8 Å². The molecule has 0 amide bonds. The first kappa shape index (κ1) is 24.4. The molecule has 0 fully saturated rings. The van der Waals surface area contributed by atoms with Crippen molar-refractivity contribution in [1.82, 2.24) is 19.9 Å². The van der Waals surface area contributed by atoms with Gasteiger partial charge in [0, 0.05) is 12.6 Å². The summed E-state index contributed by atoms with van der Waals surface area (Å²) in [5, 5.41) is 6.12. The van der Waals surface area contributed by atoms with Gasteiger partial charge < -0.3 is 9.26 Å². The summed E-state index contributed by atoms with van der Waals surface area (Å²) >= 11 is 5.87. The fourth-order valence-corrected chi connectivity index (χ4v) is 2.95. The number of alkyl halides is 8. The molecule has 7 nitrogen and oxygen atoms in total. The largest absolute Gasteiger partial charge is 0.465 e. The third kappa shape index (κ3) is 4.24. The molecule has 2 aromatic heterocycles. The number of aryl methyl sites for hydroxylation is 1. The highest BCUT2D eigenvalue weighted by atomic mass is 35.5. The molecule has 3 aromatic rings. The predicted molar refractivity (Wildman–Crippen MR) is 93.2 cm³/mol. The Labute approximate surface area is 182 Å². The van der Waals surface area contributed by atoms with Gasteiger partial charge in [0.25, 0.3) is 5.89 Å². The van der Waals surface area contributed by atoms with Gasteiger partial charge in [-0.05, 0) is 18.2 Å². The summed E-state index contributed by atoms with van der Waals surface area (Å²) in [7, 11) is 1.76. The fraction of sp³-hybridized carbons (Fsp3) is 0.294. The van der Waals surface area contributed by atoms with E-state index in [0.29, 0.717) is 7.05 Å². The minimum Gasteiger partial charge on any atom is -0.465 e. The van der Waals surface area contributed by atoms with E-state index < -0.39 is 52.9 Å². The summed E-state index contributed by atoms with van der Waals surface area (Å²) in [6, 6.07) is 3.58. The normalized spacial score (nSPS) is 12.8. The number of esters is 1. The zero-order valence-corrected chi connectivity index (χ0v) is 16.9. The van der Waals surface area contributed by atoms with Crippen LogP contribution in [0, 0.1) is 0 Å². The van der Waals surface area contributed by atoms with Crippen LogP contribution in [0.2, 0.25) is 5.02 Å². The molecule has 0 atom stereocenters. The van der Waals surface area contributed by atoms with Gasteiger partial charge in [0.15, 0.2) is 5.69 Å². The second-order valence-corrected chi connectivity index (χ2v) is 6.78. The second-order valence-electron chi connectivity index (χ2n) is 6.38. The molecule has 2 heterocycles. The van der Waals surface area contributed by atoms with Crippen molar-refractivity contribution in [2.75, 3.05) is 7.11 Å². The Bertz CT molecular complexity index is 1220. The van der Waals surface area contributed by atoms with Crippen molar-refractivity contribution in [3.63, 3.8) is 0 Å². The predicted octanol–water partition coefficient (Wildman–Crippen LogP) is 5.25. The molecule has 0 aliphatic rings. The smallest absolute Gasteiger partial charge is 0.459 e. The second kappa shape index (κ2) is 7.97. The van der Waals surface area contributed by atoms with Crippen LogP contribution >= 0.6 is 11.6 Å². The number of aromatic nitrogens is 4. The maximum atomic E-state index is 13.8. The van der Waals surface area contributed by atoms with E-state index in [1.54, 1.807) is 0 Å². The molecule has 0 unspecified atom stereocenters. The van der Waals surface area contributed by atoms with Crippen molar-refractivity contribution >= 4 is 17.6 Å². The van der Waals surface area contributed by atoms with Crippen LogP contribution in [0.25, 0.3) is 23.0 Å². The molecule has 16 heteroatoms. The number of nitrogens with zero attached hydrogens (tertiary/aromatic N) is 4. The van der Waals surface area contributed by atoms with E-state index in [1.807, 2.05) is 0 Å². The fourth-order valence-electron chi connectivity index (χ4n) is 2.76. The molecule has 0 aliphatic heterocycles. The number of carbonyl (C=O) groups excluding carboxylic acids is 1. The van der Waals surface area contributed by atoms with Gasteiger partial charge in [-0.3, -0.25) is 4.68 Å². The Morgan fingerprint density at radius 2 is 1.76 bits per heavy atom. The highest BCUT2D eigenvalue weighted by Gasteiger charge is 2.64. The van der Waals surface area contributed by atoms with Crippen LogP contribution in [0.3, 0.4) is 0 Å². The first-order valence-electron chi connectivity index (χ1n) is 8.41. The highest BCUT2D eigenvalue weighted by molar-refractivity contribution is 6.33. The molecule has 3 rings (SSSR count). The maximum Gasteiger partial charge on any atom is 0.459 e. The molecule has 0 aliphatic carbocycles. The zero-order valence-electron chi connectivity index (χ0n) is 16.1. The number of methoxy groups -OCH3 is 1. The Hall–Kier alpha value is -3.23. The Morgan fingerprint density at radius 3 is 2.30 bits per heavy atom. The van der Waals surface area contributed by atoms with Crippen molar-refractivity contribution in [3.05, 3.63) is 40.0 Å². The number of hydrogen-bond acceptors (Lipinski definition) is 6. The van der Waals surface area contributed by atoms with E-state index in [4.69, 9.17) is 16.1 Å². The van der Waals surface area contributed by atoms with E-state index in [-0.39, 0.29) is 20.8 Å². The minimum atomic E-state index is -6.35. The van der Waals surface area contributed by atoms with E-state index in [0.717, 1.165) is 13.2 Å². The first-order chi connectivity index (χ1) is 15.1. The SMILES string of the molecule is COC(=O)c1cc(-c2noc(-c3c(C(F)(F)F)c(C(F)(F)C(F)(F)F)nn3C)n2)ccc1Cl. The van der Waals surface area contributed by atoms with E-state index in [1.165, 1.54) is 12.1 Å². The summed E-state index contributed by atoms with van der Waals surface area (Å²) in [5.74, 6) is -8.27. The average Bonchev–Trinajstić information content (AvgIpc) is 3.31.